The fraction of sp³-hybridized carbons (Fsp3) is 0.308. The molecule has 15 heteroatoms. The third-order valence-electron chi connectivity index (χ3n) is 6.82. The summed E-state index contributed by atoms with van der Waals surface area (Å²) in [7, 11) is 0. The Bertz CT molecular complexity index is 1520. The highest BCUT2D eigenvalue weighted by atomic mass is 19.4. The molecule has 0 saturated carbocycles. The van der Waals surface area contributed by atoms with Gasteiger partial charge < -0.3 is 15.4 Å². The van der Waals surface area contributed by atoms with Crippen molar-refractivity contribution in [3.63, 3.8) is 0 Å². The number of amidine groups is 1. The van der Waals surface area contributed by atoms with Crippen LogP contribution in [-0.4, -0.2) is 67.5 Å². The van der Waals surface area contributed by atoms with E-state index in [1.165, 1.54) is 29.2 Å². The molecule has 5 rings (SSSR count). The average molecular weight is 574 g/mol. The van der Waals surface area contributed by atoms with Gasteiger partial charge in [0, 0.05) is 18.7 Å². The molecule has 2 unspecified atom stereocenters. The van der Waals surface area contributed by atoms with E-state index in [0.29, 0.717) is 33.6 Å². The number of nitrogens with one attached hydrogen (secondary N) is 1. The zero-order valence-corrected chi connectivity index (χ0v) is 21.3. The maximum absolute atomic E-state index is 14.5. The molecule has 2 aliphatic heterocycles. The van der Waals surface area contributed by atoms with Crippen molar-refractivity contribution in [2.75, 3.05) is 13.1 Å². The molecule has 1 aromatic heterocycles. The maximum atomic E-state index is 14.5. The van der Waals surface area contributed by atoms with Crippen LogP contribution in [0, 0.1) is 17.1 Å². The minimum atomic E-state index is -5.04. The van der Waals surface area contributed by atoms with Crippen LogP contribution in [0.1, 0.15) is 46.2 Å². The number of alkyl halides is 3. The zero-order chi connectivity index (χ0) is 29.5. The maximum Gasteiger partial charge on any atom is 0.403 e. The van der Waals surface area contributed by atoms with Crippen LogP contribution in [0.15, 0.2) is 48.5 Å². The van der Waals surface area contributed by atoms with Crippen LogP contribution in [0.25, 0.3) is 0 Å². The molecule has 2 fully saturated rings. The fourth-order valence-corrected chi connectivity index (χ4v) is 4.69. The second kappa shape index (κ2) is 10.6. The molecule has 3 amide bonds. The fourth-order valence-electron chi connectivity index (χ4n) is 4.69. The van der Waals surface area contributed by atoms with Crippen molar-refractivity contribution < 1.29 is 36.7 Å². The van der Waals surface area contributed by atoms with E-state index in [9.17, 15) is 31.9 Å². The lowest BCUT2D eigenvalue weighted by atomic mass is 9.86. The number of likely N-dealkylation sites (tertiary alicyclic amines) is 2. The summed E-state index contributed by atoms with van der Waals surface area (Å²) in [5.41, 5.74) is 5.94. The number of halogens is 4. The van der Waals surface area contributed by atoms with Gasteiger partial charge in [-0.3, -0.25) is 19.9 Å². The zero-order valence-electron chi connectivity index (χ0n) is 21.3. The predicted molar refractivity (Wildman–Crippen MR) is 133 cm³/mol. The third-order valence-corrected chi connectivity index (χ3v) is 6.82. The number of amides is 3. The number of hydrogen-bond donors (Lipinski definition) is 2. The monoisotopic (exact) mass is 573 g/mol. The Morgan fingerprint density at radius 1 is 1.07 bits per heavy atom. The van der Waals surface area contributed by atoms with Crippen molar-refractivity contribution in [1.29, 1.82) is 5.41 Å². The molecule has 2 saturated heterocycles. The number of nitrogens with two attached hydrogens (primary N) is 1. The number of β-lactam (4-membered cyclic amide) rings is 1. The normalized spacial score (nSPS) is 18.8. The largest absolute Gasteiger partial charge is 0.458 e. The number of rotatable bonds is 6. The van der Waals surface area contributed by atoms with E-state index in [-0.39, 0.29) is 25.5 Å². The first-order valence-electron chi connectivity index (χ1n) is 12.5. The van der Waals surface area contributed by atoms with E-state index in [2.05, 4.69) is 10.1 Å². The Hall–Kier alpha value is -4.82. The lowest BCUT2D eigenvalue weighted by Gasteiger charge is -2.45. The Balaban J connectivity index is 1.52. The quantitative estimate of drug-likeness (QED) is 0.199. The number of nitrogen functional groups attached to an aromatic ring is 1. The Labute approximate surface area is 230 Å². The molecule has 0 aliphatic carbocycles. The summed E-state index contributed by atoms with van der Waals surface area (Å²) in [5, 5.41) is 11.4. The first-order valence-corrected chi connectivity index (χ1v) is 12.5. The van der Waals surface area contributed by atoms with Gasteiger partial charge in [0.15, 0.2) is 11.7 Å². The molecule has 0 bridgehead atoms. The van der Waals surface area contributed by atoms with Gasteiger partial charge in [-0.25, -0.2) is 9.18 Å². The Morgan fingerprint density at radius 2 is 1.73 bits per heavy atom. The highest BCUT2D eigenvalue weighted by Gasteiger charge is 2.65. The second-order valence-electron chi connectivity index (χ2n) is 9.50. The SMILES string of the molecule is N=C(N)c1ccc(COc2nc(C3C(C(F)(F)F)C(=O)N3C(=O)N3CCCC3)nn2C(=O)c2ccccc2F)cc1. The standard InChI is InChI=1S/C26H23F4N7O4/c27-17-6-2-1-5-16(17)22(38)37-24(41-13-14-7-9-15(10-8-14)20(31)32)33-21(34-37)19-18(26(28,29)30)23(39)36(19)25(40)35-11-3-4-12-35/h1-2,5-10,18-19H,3-4,11-13H2,(H3,31,32). The van der Waals surface area contributed by atoms with Crippen LogP contribution in [-0.2, 0) is 11.4 Å². The highest BCUT2D eigenvalue weighted by Crippen LogP contribution is 2.48. The molecule has 41 heavy (non-hydrogen) atoms. The van der Waals surface area contributed by atoms with Crippen molar-refractivity contribution in [1.82, 2.24) is 24.6 Å². The van der Waals surface area contributed by atoms with E-state index in [1.54, 1.807) is 12.1 Å². The van der Waals surface area contributed by atoms with Gasteiger partial charge in [-0.05, 0) is 30.5 Å². The first-order chi connectivity index (χ1) is 19.5. The van der Waals surface area contributed by atoms with E-state index >= 15 is 0 Å². The summed E-state index contributed by atoms with van der Waals surface area (Å²) in [5.74, 6) is -6.91. The molecular formula is C26H23F4N7O4. The number of imide groups is 1. The van der Waals surface area contributed by atoms with Crippen LogP contribution in [0.5, 0.6) is 6.01 Å². The average Bonchev–Trinajstić information content (AvgIpc) is 3.60. The van der Waals surface area contributed by atoms with Gasteiger partial charge in [0.25, 0.3) is 5.91 Å². The molecule has 0 radical (unpaired) electrons. The molecule has 3 N–H and O–H groups in total. The van der Waals surface area contributed by atoms with Crippen LogP contribution in [0.2, 0.25) is 0 Å². The molecule has 3 aromatic rings. The minimum Gasteiger partial charge on any atom is -0.458 e. The van der Waals surface area contributed by atoms with Gasteiger partial charge in [-0.15, -0.1) is 9.78 Å². The number of ether oxygens (including phenoxy) is 1. The van der Waals surface area contributed by atoms with Crippen LogP contribution >= 0.6 is 0 Å². The second-order valence-corrected chi connectivity index (χ2v) is 9.50. The summed E-state index contributed by atoms with van der Waals surface area (Å²) in [6.07, 6.45) is -3.77. The number of urea groups is 1. The number of carbonyl (C=O) groups excluding carboxylic acids is 3. The van der Waals surface area contributed by atoms with E-state index in [1.807, 2.05) is 0 Å². The van der Waals surface area contributed by atoms with Gasteiger partial charge in [0.05, 0.1) is 5.56 Å². The van der Waals surface area contributed by atoms with Crippen molar-refractivity contribution >= 4 is 23.7 Å². The first kappa shape index (κ1) is 27.7. The van der Waals surface area contributed by atoms with Gasteiger partial charge in [-0.2, -0.15) is 18.2 Å². The summed E-state index contributed by atoms with van der Waals surface area (Å²) >= 11 is 0. The molecular weight excluding hydrogens is 550 g/mol. The van der Waals surface area contributed by atoms with Gasteiger partial charge in [0.2, 0.25) is 5.91 Å². The van der Waals surface area contributed by atoms with Gasteiger partial charge in [0.1, 0.15) is 24.3 Å². The van der Waals surface area contributed by atoms with Crippen molar-refractivity contribution in [3.05, 3.63) is 76.9 Å². The molecule has 11 nitrogen and oxygen atoms in total. The summed E-state index contributed by atoms with van der Waals surface area (Å²) in [6.45, 7) is 0.302. The number of hydrogen-bond acceptors (Lipinski definition) is 7. The third kappa shape index (κ3) is 5.21. The number of benzene rings is 2. The van der Waals surface area contributed by atoms with Crippen LogP contribution in [0.4, 0.5) is 22.4 Å². The summed E-state index contributed by atoms with van der Waals surface area (Å²) in [4.78, 5) is 44.6. The number of carbonyl (C=O) groups is 3. The lowest BCUT2D eigenvalue weighted by Crippen LogP contribution is -2.64. The molecule has 3 heterocycles. The highest BCUT2D eigenvalue weighted by molar-refractivity contribution is 6.02. The number of nitrogens with zero attached hydrogens (tertiary/aromatic N) is 5. The molecule has 2 atom stereocenters. The van der Waals surface area contributed by atoms with Gasteiger partial charge >= 0.3 is 18.2 Å². The topological polar surface area (TPSA) is 148 Å². The summed E-state index contributed by atoms with van der Waals surface area (Å²) in [6, 6.07) is 7.66. The molecule has 2 aromatic carbocycles. The van der Waals surface area contributed by atoms with Crippen molar-refractivity contribution in [2.45, 2.75) is 31.7 Å². The van der Waals surface area contributed by atoms with E-state index in [0.717, 1.165) is 12.1 Å². The Morgan fingerprint density at radius 3 is 2.34 bits per heavy atom. The van der Waals surface area contributed by atoms with E-state index < -0.39 is 59.2 Å². The van der Waals surface area contributed by atoms with E-state index in [4.69, 9.17) is 15.9 Å². The van der Waals surface area contributed by atoms with Crippen molar-refractivity contribution in [3.8, 4) is 6.01 Å². The molecule has 0 spiro atoms. The molecule has 214 valence electrons. The minimum absolute atomic E-state index is 0.167. The smallest absolute Gasteiger partial charge is 0.403 e. The summed E-state index contributed by atoms with van der Waals surface area (Å²) < 4.78 is 62.4. The van der Waals surface area contributed by atoms with Gasteiger partial charge in [-0.1, -0.05) is 36.4 Å². The van der Waals surface area contributed by atoms with Crippen LogP contribution < -0.4 is 10.5 Å². The van der Waals surface area contributed by atoms with Crippen LogP contribution in [0.3, 0.4) is 0 Å². The predicted octanol–water partition coefficient (Wildman–Crippen LogP) is 3.25. The molecule has 2 aliphatic rings. The lowest BCUT2D eigenvalue weighted by molar-refractivity contribution is -0.223. The Kier molecular flexibility index (Phi) is 7.19. The number of aromatic nitrogens is 3. The van der Waals surface area contributed by atoms with Crippen molar-refractivity contribution in [2.24, 2.45) is 11.7 Å².